The molecule has 3 aromatic carbocycles. The smallest absolute Gasteiger partial charge is 0.248 e. The fourth-order valence-electron chi connectivity index (χ4n) is 5.88. The lowest BCUT2D eigenvalue weighted by atomic mass is 9.68. The third kappa shape index (κ3) is 5.07. The van der Waals surface area contributed by atoms with E-state index < -0.39 is 46.9 Å². The summed E-state index contributed by atoms with van der Waals surface area (Å²) in [5.41, 5.74) is 4.43. The highest BCUT2D eigenvalue weighted by Gasteiger charge is 2.60. The molecule has 11 heteroatoms. The maximum atomic E-state index is 15.9. The van der Waals surface area contributed by atoms with Crippen molar-refractivity contribution in [1.29, 1.82) is 0 Å². The number of rotatable bonds is 5. The average molecular weight is 601 g/mol. The minimum absolute atomic E-state index is 0.0337. The second kappa shape index (κ2) is 10.4. The van der Waals surface area contributed by atoms with Crippen molar-refractivity contribution in [2.24, 2.45) is 11.1 Å². The fraction of sp³-hybridized carbons (Fsp3) is 0.300. The molecular weight excluding hydrogens is 573 g/mol. The molecule has 214 valence electrons. The molecule has 0 bridgehead atoms. The van der Waals surface area contributed by atoms with E-state index in [1.807, 2.05) is 20.8 Å². The van der Waals surface area contributed by atoms with Crippen LogP contribution in [0.5, 0.6) is 0 Å². The largest absolute Gasteiger partial charge is 0.366 e. The third-order valence-electron chi connectivity index (χ3n) is 7.63. The molecule has 1 spiro atoms. The van der Waals surface area contributed by atoms with E-state index in [1.165, 1.54) is 36.4 Å². The van der Waals surface area contributed by atoms with Crippen molar-refractivity contribution in [2.45, 2.75) is 51.1 Å². The van der Waals surface area contributed by atoms with Crippen LogP contribution in [0.2, 0.25) is 10.0 Å². The average Bonchev–Trinajstić information content (AvgIpc) is 3.39. The van der Waals surface area contributed by atoms with Gasteiger partial charge < -0.3 is 21.7 Å². The SMILES string of the molecule is CC(C)(C)C[C@@H]1N[C@@H](C(=O)Nc2ccc(C(N)=O)cc2)CC12C(=O)Nc1cc(Cl)c(F)c(-c3cccc(Cl)c3F)c12. The lowest BCUT2D eigenvalue weighted by Gasteiger charge is -2.34. The van der Waals surface area contributed by atoms with Gasteiger partial charge in [0.25, 0.3) is 0 Å². The molecule has 0 radical (unpaired) electrons. The van der Waals surface area contributed by atoms with Crippen LogP contribution in [0, 0.1) is 17.0 Å². The highest BCUT2D eigenvalue weighted by Crippen LogP contribution is 2.55. The van der Waals surface area contributed by atoms with Gasteiger partial charge >= 0.3 is 0 Å². The van der Waals surface area contributed by atoms with Gasteiger partial charge in [0, 0.05) is 39.7 Å². The Bertz CT molecular complexity index is 1590. The number of primary amides is 1. The summed E-state index contributed by atoms with van der Waals surface area (Å²) < 4.78 is 31.3. The Morgan fingerprint density at radius 2 is 1.76 bits per heavy atom. The van der Waals surface area contributed by atoms with Crippen molar-refractivity contribution < 1.29 is 23.2 Å². The molecule has 5 N–H and O–H groups in total. The number of nitrogens with two attached hydrogens (primary N) is 1. The van der Waals surface area contributed by atoms with Crippen molar-refractivity contribution in [1.82, 2.24) is 5.32 Å². The minimum Gasteiger partial charge on any atom is -0.366 e. The van der Waals surface area contributed by atoms with E-state index in [4.69, 9.17) is 28.9 Å². The maximum Gasteiger partial charge on any atom is 0.248 e. The van der Waals surface area contributed by atoms with Crippen LogP contribution < -0.4 is 21.7 Å². The normalized spacial score (nSPS) is 21.6. The Kier molecular flexibility index (Phi) is 7.34. The first-order chi connectivity index (χ1) is 19.2. The molecule has 2 aliphatic rings. The van der Waals surface area contributed by atoms with E-state index in [0.717, 1.165) is 0 Å². The first-order valence-electron chi connectivity index (χ1n) is 13.0. The molecule has 3 aromatic rings. The van der Waals surface area contributed by atoms with Crippen molar-refractivity contribution in [3.63, 3.8) is 0 Å². The third-order valence-corrected chi connectivity index (χ3v) is 8.20. The van der Waals surface area contributed by atoms with E-state index >= 15 is 8.78 Å². The van der Waals surface area contributed by atoms with Gasteiger partial charge in [-0.25, -0.2) is 8.78 Å². The van der Waals surface area contributed by atoms with Crippen LogP contribution in [0.1, 0.15) is 49.5 Å². The van der Waals surface area contributed by atoms with Crippen LogP contribution in [0.4, 0.5) is 20.2 Å². The number of fused-ring (bicyclic) bond motifs is 2. The zero-order valence-electron chi connectivity index (χ0n) is 22.5. The van der Waals surface area contributed by atoms with Crippen molar-refractivity contribution in [3.8, 4) is 11.1 Å². The van der Waals surface area contributed by atoms with Crippen LogP contribution >= 0.6 is 23.2 Å². The summed E-state index contributed by atoms with van der Waals surface area (Å²) in [6.45, 7) is 5.97. The highest BCUT2D eigenvalue weighted by atomic mass is 35.5. The standard InChI is InChI=1S/C30H28Cl2F2N4O3/c1-29(2,3)13-21-30(12-20(37-21)27(40)36-15-9-7-14(8-10-15)26(35)39)23-19(38-28(30)41)11-18(32)25(34)22(23)16-5-4-6-17(31)24(16)33/h4-11,20-21,37H,12-13H2,1-3H3,(H2,35,39)(H,36,40)(H,38,41)/t20-,21+,30?/m1/s1. The molecule has 5 rings (SSSR count). The number of carbonyl (C=O) groups excluding carboxylic acids is 3. The first kappa shape index (κ1) is 29.0. The summed E-state index contributed by atoms with van der Waals surface area (Å²) in [5, 5.41) is 8.44. The predicted molar refractivity (Wildman–Crippen MR) is 155 cm³/mol. The Balaban J connectivity index is 1.63. The minimum atomic E-state index is -1.43. The Morgan fingerprint density at radius 1 is 1.07 bits per heavy atom. The lowest BCUT2D eigenvalue weighted by molar-refractivity contribution is -0.121. The van der Waals surface area contributed by atoms with Gasteiger partial charge in [0.1, 0.15) is 11.6 Å². The van der Waals surface area contributed by atoms with Gasteiger partial charge in [-0.1, -0.05) is 56.1 Å². The summed E-state index contributed by atoms with van der Waals surface area (Å²) in [6.07, 6.45) is 0.396. The van der Waals surface area contributed by atoms with Gasteiger partial charge in [0.2, 0.25) is 17.7 Å². The molecule has 3 amide bonds. The van der Waals surface area contributed by atoms with Gasteiger partial charge in [-0.3, -0.25) is 14.4 Å². The molecule has 0 saturated carbocycles. The predicted octanol–water partition coefficient (Wildman–Crippen LogP) is 6.03. The van der Waals surface area contributed by atoms with E-state index in [2.05, 4.69) is 16.0 Å². The lowest BCUT2D eigenvalue weighted by Crippen LogP contribution is -2.48. The zero-order valence-corrected chi connectivity index (χ0v) is 24.0. The summed E-state index contributed by atoms with van der Waals surface area (Å²) in [7, 11) is 0. The van der Waals surface area contributed by atoms with Crippen LogP contribution in [0.3, 0.4) is 0 Å². The summed E-state index contributed by atoms with van der Waals surface area (Å²) in [5.74, 6) is -3.21. The van der Waals surface area contributed by atoms with Gasteiger partial charge in [-0.05, 0) is 54.7 Å². The van der Waals surface area contributed by atoms with Gasteiger partial charge in [0.05, 0.1) is 21.5 Å². The molecule has 7 nitrogen and oxygen atoms in total. The topological polar surface area (TPSA) is 113 Å². The quantitative estimate of drug-likeness (QED) is 0.286. The van der Waals surface area contributed by atoms with Gasteiger partial charge in [0.15, 0.2) is 0 Å². The van der Waals surface area contributed by atoms with Gasteiger partial charge in [-0.2, -0.15) is 0 Å². The van der Waals surface area contributed by atoms with Crippen LogP contribution in [-0.2, 0) is 15.0 Å². The number of anilines is 2. The van der Waals surface area contributed by atoms with Crippen molar-refractivity contribution in [2.75, 3.05) is 10.6 Å². The number of hydrogen-bond donors (Lipinski definition) is 4. The summed E-state index contributed by atoms with van der Waals surface area (Å²) in [6, 6.07) is 10.1. The molecule has 0 aliphatic carbocycles. The second-order valence-corrected chi connectivity index (χ2v) is 12.5. The van der Waals surface area contributed by atoms with Gasteiger partial charge in [-0.15, -0.1) is 0 Å². The summed E-state index contributed by atoms with van der Waals surface area (Å²) in [4.78, 5) is 38.8. The maximum absolute atomic E-state index is 15.9. The van der Waals surface area contributed by atoms with Crippen LogP contribution in [-0.4, -0.2) is 29.8 Å². The van der Waals surface area contributed by atoms with Crippen molar-refractivity contribution in [3.05, 3.63) is 81.3 Å². The molecule has 2 aliphatic heterocycles. The number of halogens is 4. The summed E-state index contributed by atoms with van der Waals surface area (Å²) >= 11 is 12.3. The Labute approximate surface area is 245 Å². The Morgan fingerprint density at radius 3 is 2.39 bits per heavy atom. The van der Waals surface area contributed by atoms with E-state index in [0.29, 0.717) is 12.1 Å². The monoisotopic (exact) mass is 600 g/mol. The second-order valence-electron chi connectivity index (χ2n) is 11.7. The molecule has 1 unspecified atom stereocenters. The zero-order chi connectivity index (χ0) is 29.9. The molecule has 2 heterocycles. The van der Waals surface area contributed by atoms with E-state index in [1.54, 1.807) is 12.1 Å². The fourth-order valence-corrected chi connectivity index (χ4v) is 6.26. The molecule has 41 heavy (non-hydrogen) atoms. The van der Waals surface area contributed by atoms with Crippen LogP contribution in [0.25, 0.3) is 11.1 Å². The molecule has 0 aromatic heterocycles. The molecule has 3 atom stereocenters. The molecular formula is C30H28Cl2F2N4O3. The van der Waals surface area contributed by atoms with E-state index in [9.17, 15) is 14.4 Å². The first-order valence-corrected chi connectivity index (χ1v) is 13.7. The number of hydrogen-bond acceptors (Lipinski definition) is 4. The number of carbonyl (C=O) groups is 3. The van der Waals surface area contributed by atoms with E-state index in [-0.39, 0.29) is 49.8 Å². The number of nitrogens with one attached hydrogen (secondary N) is 3. The number of benzene rings is 3. The number of amides is 3. The molecule has 1 fully saturated rings. The highest BCUT2D eigenvalue weighted by molar-refractivity contribution is 6.32. The van der Waals surface area contributed by atoms with Crippen LogP contribution in [0.15, 0.2) is 48.5 Å². The van der Waals surface area contributed by atoms with Crippen molar-refractivity contribution >= 4 is 52.3 Å². The molecule has 1 saturated heterocycles. The Hall–Kier alpha value is -3.53.